The number of nitrogen functional groups attached to an aromatic ring is 1. The molecule has 0 aliphatic rings. The van der Waals surface area contributed by atoms with Gasteiger partial charge in [-0.15, -0.1) is 0 Å². The number of ether oxygens (including phenoxy) is 4. The second-order valence-electron chi connectivity index (χ2n) is 10.9. The van der Waals surface area contributed by atoms with Gasteiger partial charge in [-0.2, -0.15) is 5.26 Å². The van der Waals surface area contributed by atoms with E-state index < -0.39 is 11.4 Å². The molecule has 0 bridgehead atoms. The molecular formula is C31H41N5O7. The number of nitrogens with zero attached hydrogens (tertiary/aromatic N) is 4. The number of fused-ring (bicyclic) bond motifs is 1. The predicted molar refractivity (Wildman–Crippen MR) is 161 cm³/mol. The second kappa shape index (κ2) is 15.1. The molecule has 0 fully saturated rings. The van der Waals surface area contributed by atoms with E-state index in [1.807, 2.05) is 34.6 Å². The lowest BCUT2D eigenvalue weighted by Crippen LogP contribution is -2.18. The molecule has 2 heterocycles. The van der Waals surface area contributed by atoms with Crippen LogP contribution in [-0.2, 0) is 16.8 Å². The first-order valence-electron chi connectivity index (χ1n) is 14.5. The standard InChI is InChI=1S/C31H41N5O7/c1-6-40-29-30(41-7-2)35-26-22(34-29)18-36(28(26)33)19-23(37)20-16-21(31(3,4)5)27(43-15-10-8-12-25(38)39)24(17-20)42-14-11-9-13-32/h16-18H,6-12,14-15,19,33H2,1-5H3,(H,38,39). The van der Waals surface area contributed by atoms with E-state index in [0.29, 0.717) is 67.0 Å². The highest BCUT2D eigenvalue weighted by Gasteiger charge is 2.26. The topological polar surface area (TPSA) is 172 Å². The molecule has 232 valence electrons. The Kier molecular flexibility index (Phi) is 11.6. The van der Waals surface area contributed by atoms with Gasteiger partial charge in [-0.1, -0.05) is 20.8 Å². The van der Waals surface area contributed by atoms with Gasteiger partial charge in [0.1, 0.15) is 16.9 Å². The molecule has 0 radical (unpaired) electrons. The number of hydrogen-bond donors (Lipinski definition) is 2. The lowest BCUT2D eigenvalue weighted by Gasteiger charge is -2.26. The van der Waals surface area contributed by atoms with Gasteiger partial charge in [-0.25, -0.2) is 9.97 Å². The van der Waals surface area contributed by atoms with Crippen molar-refractivity contribution in [1.82, 2.24) is 14.5 Å². The van der Waals surface area contributed by atoms with E-state index in [0.717, 1.165) is 5.56 Å². The van der Waals surface area contributed by atoms with Crippen molar-refractivity contribution >= 4 is 28.6 Å². The summed E-state index contributed by atoms with van der Waals surface area (Å²) in [5.41, 5.74) is 8.04. The van der Waals surface area contributed by atoms with Gasteiger partial charge >= 0.3 is 5.97 Å². The zero-order chi connectivity index (χ0) is 31.6. The molecule has 0 atom stereocenters. The van der Waals surface area contributed by atoms with Crippen molar-refractivity contribution in [2.75, 3.05) is 32.2 Å². The number of ketones is 1. The lowest BCUT2D eigenvalue weighted by molar-refractivity contribution is -0.137. The number of nitrogens with two attached hydrogens (primary N) is 1. The summed E-state index contributed by atoms with van der Waals surface area (Å²) in [6.07, 6.45) is 3.58. The first kappa shape index (κ1) is 33.0. The first-order valence-corrected chi connectivity index (χ1v) is 14.5. The molecular weight excluding hydrogens is 554 g/mol. The minimum absolute atomic E-state index is 0.0584. The molecule has 43 heavy (non-hydrogen) atoms. The van der Waals surface area contributed by atoms with Crippen LogP contribution in [0.2, 0.25) is 0 Å². The summed E-state index contributed by atoms with van der Waals surface area (Å²) in [6.45, 7) is 10.9. The normalized spacial score (nSPS) is 11.3. The number of nitriles is 1. The van der Waals surface area contributed by atoms with E-state index in [4.69, 9.17) is 35.0 Å². The van der Waals surface area contributed by atoms with Crippen LogP contribution in [-0.4, -0.2) is 57.8 Å². The zero-order valence-electron chi connectivity index (χ0n) is 25.6. The zero-order valence-corrected chi connectivity index (χ0v) is 25.6. The number of carboxylic acids is 1. The fourth-order valence-electron chi connectivity index (χ4n) is 4.35. The van der Waals surface area contributed by atoms with E-state index in [9.17, 15) is 9.59 Å². The van der Waals surface area contributed by atoms with Crippen molar-refractivity contribution in [2.45, 2.75) is 78.7 Å². The Balaban J connectivity index is 1.97. The lowest BCUT2D eigenvalue weighted by atomic mass is 9.84. The number of Topliss-reactive ketones (excluding diaryl/α,β-unsaturated/α-hetero) is 1. The molecule has 3 aromatic rings. The molecule has 0 aliphatic heterocycles. The summed E-state index contributed by atoms with van der Waals surface area (Å²) >= 11 is 0. The quantitative estimate of drug-likeness (QED) is 0.153. The van der Waals surface area contributed by atoms with Gasteiger partial charge in [0, 0.05) is 30.2 Å². The van der Waals surface area contributed by atoms with Crippen LogP contribution in [0.3, 0.4) is 0 Å². The Morgan fingerprint density at radius 1 is 1.00 bits per heavy atom. The Labute approximate surface area is 251 Å². The van der Waals surface area contributed by atoms with Crippen LogP contribution >= 0.6 is 0 Å². The van der Waals surface area contributed by atoms with Crippen molar-refractivity contribution in [3.63, 3.8) is 0 Å². The van der Waals surface area contributed by atoms with Gasteiger partial charge in [-0.3, -0.25) is 9.59 Å². The van der Waals surface area contributed by atoms with E-state index in [-0.39, 0.29) is 49.5 Å². The summed E-state index contributed by atoms with van der Waals surface area (Å²) in [5.74, 6) is 0.581. The smallest absolute Gasteiger partial charge is 0.303 e. The minimum atomic E-state index is -0.855. The molecule has 12 heteroatoms. The predicted octanol–water partition coefficient (Wildman–Crippen LogP) is 5.31. The first-order chi connectivity index (χ1) is 20.5. The van der Waals surface area contributed by atoms with Crippen molar-refractivity contribution < 1.29 is 33.6 Å². The van der Waals surface area contributed by atoms with Crippen molar-refractivity contribution in [2.24, 2.45) is 0 Å². The third-order valence-electron chi connectivity index (χ3n) is 6.47. The summed E-state index contributed by atoms with van der Waals surface area (Å²) in [4.78, 5) is 33.6. The number of carboxylic acid groups (broad SMARTS) is 1. The molecule has 3 N–H and O–H groups in total. The summed E-state index contributed by atoms with van der Waals surface area (Å²) in [6, 6.07) is 5.55. The highest BCUT2D eigenvalue weighted by molar-refractivity contribution is 5.98. The fourth-order valence-corrected chi connectivity index (χ4v) is 4.35. The van der Waals surface area contributed by atoms with Crippen LogP contribution in [0.15, 0.2) is 18.3 Å². The number of aliphatic carboxylic acids is 1. The molecule has 0 amide bonds. The number of benzene rings is 1. The van der Waals surface area contributed by atoms with Gasteiger partial charge in [0.05, 0.1) is 39.0 Å². The van der Waals surface area contributed by atoms with Crippen LogP contribution < -0.4 is 24.7 Å². The average molecular weight is 596 g/mol. The van der Waals surface area contributed by atoms with Crippen LogP contribution in [0, 0.1) is 11.3 Å². The maximum atomic E-state index is 13.7. The van der Waals surface area contributed by atoms with Crippen molar-refractivity contribution in [3.8, 4) is 29.3 Å². The number of anilines is 1. The average Bonchev–Trinajstić information content (AvgIpc) is 3.24. The third-order valence-corrected chi connectivity index (χ3v) is 6.47. The van der Waals surface area contributed by atoms with Gasteiger partial charge in [0.25, 0.3) is 11.8 Å². The molecule has 2 aromatic heterocycles. The number of carbonyl (C=O) groups is 2. The van der Waals surface area contributed by atoms with Crippen molar-refractivity contribution in [1.29, 1.82) is 5.26 Å². The molecule has 0 saturated carbocycles. The SMILES string of the molecule is CCOc1nc2cn(CC(=O)c3cc(OCCCC#N)c(OCCCCC(=O)O)c(C(C)(C)C)c3)c(N)c2nc1OCC. The Morgan fingerprint density at radius 3 is 2.30 bits per heavy atom. The number of aromatic nitrogens is 3. The van der Waals surface area contributed by atoms with E-state index in [2.05, 4.69) is 16.0 Å². The largest absolute Gasteiger partial charge is 0.490 e. The van der Waals surface area contributed by atoms with Gasteiger partial charge in [0.2, 0.25) is 0 Å². The van der Waals surface area contributed by atoms with E-state index in [1.165, 1.54) is 0 Å². The molecule has 1 aromatic carbocycles. The highest BCUT2D eigenvalue weighted by atomic mass is 16.5. The number of rotatable bonds is 17. The highest BCUT2D eigenvalue weighted by Crippen LogP contribution is 2.41. The Morgan fingerprint density at radius 2 is 1.67 bits per heavy atom. The van der Waals surface area contributed by atoms with Crippen LogP contribution in [0.1, 0.15) is 82.6 Å². The molecule has 0 saturated heterocycles. The Hall–Kier alpha value is -4.53. The molecule has 12 nitrogen and oxygen atoms in total. The van der Waals surface area contributed by atoms with Crippen LogP contribution in [0.5, 0.6) is 23.3 Å². The maximum Gasteiger partial charge on any atom is 0.303 e. The van der Waals surface area contributed by atoms with E-state index >= 15 is 0 Å². The van der Waals surface area contributed by atoms with Crippen molar-refractivity contribution in [3.05, 3.63) is 29.5 Å². The van der Waals surface area contributed by atoms with Crippen LogP contribution in [0.4, 0.5) is 5.82 Å². The van der Waals surface area contributed by atoms with Gasteiger partial charge in [0.15, 0.2) is 17.3 Å². The second-order valence-corrected chi connectivity index (χ2v) is 10.9. The number of hydrogen-bond acceptors (Lipinski definition) is 10. The van der Waals surface area contributed by atoms with E-state index in [1.54, 1.807) is 22.9 Å². The summed E-state index contributed by atoms with van der Waals surface area (Å²) < 4.78 is 25.0. The molecule has 0 unspecified atom stereocenters. The summed E-state index contributed by atoms with van der Waals surface area (Å²) in [5, 5.41) is 17.9. The molecule has 0 aliphatic carbocycles. The van der Waals surface area contributed by atoms with Crippen LogP contribution in [0.25, 0.3) is 11.0 Å². The molecule has 0 spiro atoms. The fraction of sp³-hybridized carbons (Fsp3) is 0.516. The number of carbonyl (C=O) groups excluding carboxylic acids is 1. The minimum Gasteiger partial charge on any atom is -0.490 e. The summed E-state index contributed by atoms with van der Waals surface area (Å²) in [7, 11) is 0. The number of unbranched alkanes of at least 4 members (excludes halogenated alkanes) is 2. The van der Waals surface area contributed by atoms with Gasteiger partial charge in [-0.05, 0) is 50.7 Å². The molecule has 3 rings (SSSR count). The van der Waals surface area contributed by atoms with Gasteiger partial charge < -0.3 is 34.4 Å². The Bertz CT molecular complexity index is 1470. The maximum absolute atomic E-state index is 13.7. The monoisotopic (exact) mass is 595 g/mol. The third kappa shape index (κ3) is 8.73.